The monoisotopic (exact) mass is 280 g/mol. The molecule has 0 aromatic carbocycles. The summed E-state index contributed by atoms with van der Waals surface area (Å²) in [5.41, 5.74) is 7.62. The van der Waals surface area contributed by atoms with Gasteiger partial charge in [0.1, 0.15) is 0 Å². The zero-order valence-electron chi connectivity index (χ0n) is 13.2. The van der Waals surface area contributed by atoms with Crippen molar-refractivity contribution in [1.82, 2.24) is 15.1 Å². The lowest BCUT2D eigenvalue weighted by atomic mass is 9.78. The van der Waals surface area contributed by atoms with Gasteiger partial charge in [0.05, 0.1) is 11.6 Å². The van der Waals surface area contributed by atoms with E-state index in [2.05, 4.69) is 24.3 Å². The van der Waals surface area contributed by atoms with Gasteiger partial charge < -0.3 is 11.1 Å². The van der Waals surface area contributed by atoms with Crippen molar-refractivity contribution in [2.75, 3.05) is 6.54 Å². The molecule has 0 spiro atoms. The van der Waals surface area contributed by atoms with Gasteiger partial charge in [-0.25, -0.2) is 0 Å². The van der Waals surface area contributed by atoms with Gasteiger partial charge in [0, 0.05) is 31.4 Å². The minimum Gasteiger partial charge on any atom is -0.351 e. The Morgan fingerprint density at radius 3 is 2.40 bits per heavy atom. The number of rotatable bonds is 8. The molecular weight excluding hydrogens is 252 g/mol. The fraction of sp³-hybridized carbons (Fsp3) is 0.733. The normalized spacial score (nSPS) is 11.7. The highest BCUT2D eigenvalue weighted by Crippen LogP contribution is 2.29. The van der Waals surface area contributed by atoms with Crippen LogP contribution in [0.15, 0.2) is 6.20 Å². The van der Waals surface area contributed by atoms with Gasteiger partial charge in [0.15, 0.2) is 0 Å². The highest BCUT2D eigenvalue weighted by Gasteiger charge is 2.35. The zero-order chi connectivity index (χ0) is 15.2. The molecule has 0 aliphatic heterocycles. The van der Waals surface area contributed by atoms with Crippen molar-refractivity contribution < 1.29 is 4.79 Å². The van der Waals surface area contributed by atoms with Crippen molar-refractivity contribution in [1.29, 1.82) is 0 Å². The number of hydrogen-bond donors (Lipinski definition) is 2. The fourth-order valence-electron chi connectivity index (χ4n) is 2.69. The molecule has 1 rings (SSSR count). The molecule has 5 nitrogen and oxygen atoms in total. The molecule has 1 amide bonds. The largest absolute Gasteiger partial charge is 0.351 e. The molecule has 0 unspecified atom stereocenters. The molecule has 0 aliphatic carbocycles. The van der Waals surface area contributed by atoms with Gasteiger partial charge in [-0.3, -0.25) is 9.48 Å². The van der Waals surface area contributed by atoms with E-state index >= 15 is 0 Å². The molecule has 20 heavy (non-hydrogen) atoms. The van der Waals surface area contributed by atoms with Crippen LogP contribution >= 0.6 is 0 Å². The second kappa shape index (κ2) is 7.43. The number of amides is 1. The van der Waals surface area contributed by atoms with Gasteiger partial charge in [-0.05, 0) is 19.8 Å². The molecule has 1 heterocycles. The Bertz CT molecular complexity index is 433. The third-order valence-corrected chi connectivity index (χ3v) is 4.11. The van der Waals surface area contributed by atoms with E-state index in [9.17, 15) is 4.79 Å². The predicted molar refractivity (Wildman–Crippen MR) is 81.1 cm³/mol. The molecule has 0 fully saturated rings. The number of carbonyl (C=O) groups excluding carboxylic acids is 1. The van der Waals surface area contributed by atoms with Crippen LogP contribution in [0.1, 0.15) is 50.8 Å². The molecule has 3 N–H and O–H groups in total. The Hall–Kier alpha value is -1.36. The molecule has 5 heteroatoms. The molecule has 0 saturated heterocycles. The molecule has 114 valence electrons. The van der Waals surface area contributed by atoms with E-state index in [0.717, 1.165) is 36.9 Å². The predicted octanol–water partition coefficient (Wildman–Crippen LogP) is 1.89. The summed E-state index contributed by atoms with van der Waals surface area (Å²) in [6.45, 7) is 7.13. The van der Waals surface area contributed by atoms with Crippen molar-refractivity contribution in [3.05, 3.63) is 17.5 Å². The molecule has 0 atom stereocenters. The number of nitrogens with zero attached hydrogens (tertiary/aromatic N) is 2. The SMILES string of the molecule is CCCC(CN)(CCC)C(=O)NCc1cnn(C)c1C. The van der Waals surface area contributed by atoms with Crippen LogP contribution in [0.2, 0.25) is 0 Å². The van der Waals surface area contributed by atoms with Crippen molar-refractivity contribution in [2.24, 2.45) is 18.2 Å². The van der Waals surface area contributed by atoms with Crippen molar-refractivity contribution in [2.45, 2.75) is 53.0 Å². The van der Waals surface area contributed by atoms with Gasteiger partial charge in [-0.2, -0.15) is 5.10 Å². The Morgan fingerprint density at radius 1 is 1.40 bits per heavy atom. The third kappa shape index (κ3) is 3.60. The summed E-state index contributed by atoms with van der Waals surface area (Å²) in [5, 5.41) is 7.23. The average Bonchev–Trinajstić information content (AvgIpc) is 2.75. The van der Waals surface area contributed by atoms with Crippen LogP contribution in [-0.2, 0) is 18.4 Å². The van der Waals surface area contributed by atoms with Gasteiger partial charge >= 0.3 is 0 Å². The molecular formula is C15H28N4O. The van der Waals surface area contributed by atoms with Crippen LogP contribution in [0.5, 0.6) is 0 Å². The van der Waals surface area contributed by atoms with Gasteiger partial charge in [0.2, 0.25) is 5.91 Å². The Balaban J connectivity index is 2.73. The van der Waals surface area contributed by atoms with E-state index in [1.54, 1.807) is 6.20 Å². The quantitative estimate of drug-likeness (QED) is 0.763. The molecule has 1 aromatic heterocycles. The first-order valence-corrected chi connectivity index (χ1v) is 7.46. The highest BCUT2D eigenvalue weighted by atomic mass is 16.2. The zero-order valence-corrected chi connectivity index (χ0v) is 13.2. The van der Waals surface area contributed by atoms with Crippen LogP contribution in [0.3, 0.4) is 0 Å². The fourth-order valence-corrected chi connectivity index (χ4v) is 2.69. The summed E-state index contributed by atoms with van der Waals surface area (Å²) in [6.07, 6.45) is 5.43. The number of aryl methyl sites for hydroxylation is 1. The average molecular weight is 280 g/mol. The van der Waals surface area contributed by atoms with E-state index < -0.39 is 5.41 Å². The standard InChI is InChI=1S/C15H28N4O/c1-5-7-15(11-16,8-6-2)14(20)17-9-13-10-18-19(4)12(13)3/h10H,5-9,11,16H2,1-4H3,(H,17,20). The maximum absolute atomic E-state index is 12.5. The van der Waals surface area contributed by atoms with E-state index in [1.807, 2.05) is 18.7 Å². The summed E-state index contributed by atoms with van der Waals surface area (Å²) in [5.74, 6) is 0.0759. The maximum atomic E-state index is 12.5. The Labute approximate surface area is 121 Å². The smallest absolute Gasteiger partial charge is 0.227 e. The van der Waals surface area contributed by atoms with E-state index in [4.69, 9.17) is 5.73 Å². The highest BCUT2D eigenvalue weighted by molar-refractivity contribution is 5.82. The van der Waals surface area contributed by atoms with Crippen LogP contribution in [0.4, 0.5) is 0 Å². The van der Waals surface area contributed by atoms with E-state index in [1.165, 1.54) is 0 Å². The molecule has 1 aromatic rings. The van der Waals surface area contributed by atoms with Gasteiger partial charge in [0.25, 0.3) is 0 Å². The van der Waals surface area contributed by atoms with E-state index in [-0.39, 0.29) is 5.91 Å². The van der Waals surface area contributed by atoms with Gasteiger partial charge in [-0.1, -0.05) is 26.7 Å². The van der Waals surface area contributed by atoms with E-state index in [0.29, 0.717) is 13.1 Å². The molecule has 0 aliphatic rings. The lowest BCUT2D eigenvalue weighted by molar-refractivity contribution is -0.131. The molecule has 0 saturated carbocycles. The summed E-state index contributed by atoms with van der Waals surface area (Å²) in [4.78, 5) is 12.5. The molecule has 0 radical (unpaired) electrons. The van der Waals surface area contributed by atoms with Crippen molar-refractivity contribution >= 4 is 5.91 Å². The summed E-state index contributed by atoms with van der Waals surface area (Å²) >= 11 is 0. The topological polar surface area (TPSA) is 72.9 Å². The summed E-state index contributed by atoms with van der Waals surface area (Å²) in [7, 11) is 1.90. The lowest BCUT2D eigenvalue weighted by Crippen LogP contribution is -2.45. The van der Waals surface area contributed by atoms with Crippen LogP contribution in [-0.4, -0.2) is 22.2 Å². The number of nitrogens with two attached hydrogens (primary N) is 1. The maximum Gasteiger partial charge on any atom is 0.227 e. The third-order valence-electron chi connectivity index (χ3n) is 4.11. The van der Waals surface area contributed by atoms with Crippen LogP contribution < -0.4 is 11.1 Å². The van der Waals surface area contributed by atoms with Gasteiger partial charge in [-0.15, -0.1) is 0 Å². The first kappa shape index (κ1) is 16.7. The first-order valence-electron chi connectivity index (χ1n) is 7.46. The lowest BCUT2D eigenvalue weighted by Gasteiger charge is -2.30. The first-order chi connectivity index (χ1) is 9.50. The van der Waals surface area contributed by atoms with Crippen LogP contribution in [0, 0.1) is 12.3 Å². The second-order valence-electron chi connectivity index (χ2n) is 5.55. The number of hydrogen-bond acceptors (Lipinski definition) is 3. The number of carbonyl (C=O) groups is 1. The van der Waals surface area contributed by atoms with Crippen LogP contribution in [0.25, 0.3) is 0 Å². The second-order valence-corrected chi connectivity index (χ2v) is 5.55. The summed E-state index contributed by atoms with van der Waals surface area (Å²) in [6, 6.07) is 0. The molecule has 0 bridgehead atoms. The minimum atomic E-state index is -0.417. The minimum absolute atomic E-state index is 0.0759. The number of aromatic nitrogens is 2. The Morgan fingerprint density at radius 2 is 2.00 bits per heavy atom. The van der Waals surface area contributed by atoms with Crippen molar-refractivity contribution in [3.8, 4) is 0 Å². The van der Waals surface area contributed by atoms with Crippen molar-refractivity contribution in [3.63, 3.8) is 0 Å². The Kier molecular flexibility index (Phi) is 6.20. The number of nitrogens with one attached hydrogen (secondary N) is 1. The summed E-state index contributed by atoms with van der Waals surface area (Å²) < 4.78 is 1.82.